The molecule has 2 fully saturated rings. The van der Waals surface area contributed by atoms with Crippen molar-refractivity contribution in [2.45, 2.75) is 25.3 Å². The summed E-state index contributed by atoms with van der Waals surface area (Å²) in [6.45, 7) is 1.83. The van der Waals surface area contributed by atoms with E-state index >= 15 is 0 Å². The molecule has 2 unspecified atom stereocenters. The van der Waals surface area contributed by atoms with E-state index in [4.69, 9.17) is 5.73 Å². The van der Waals surface area contributed by atoms with E-state index in [1.165, 1.54) is 0 Å². The van der Waals surface area contributed by atoms with Crippen LogP contribution in [-0.2, 0) is 9.59 Å². The van der Waals surface area contributed by atoms with Gasteiger partial charge in [0, 0.05) is 42.3 Å². The van der Waals surface area contributed by atoms with Crippen molar-refractivity contribution in [2.24, 2.45) is 11.7 Å². The van der Waals surface area contributed by atoms with Gasteiger partial charge in [-0.15, -0.1) is 0 Å². The molecule has 1 aromatic carbocycles. The quantitative estimate of drug-likeness (QED) is 0.867. The van der Waals surface area contributed by atoms with Gasteiger partial charge in [0.15, 0.2) is 0 Å². The lowest BCUT2D eigenvalue weighted by molar-refractivity contribution is -0.136. The number of anilines is 1. The maximum atomic E-state index is 12.6. The Hall–Kier alpha value is -1.40. The van der Waals surface area contributed by atoms with E-state index in [1.807, 2.05) is 29.2 Å². The van der Waals surface area contributed by atoms with Crippen LogP contribution >= 0.6 is 15.9 Å². The minimum atomic E-state index is -0.253. The van der Waals surface area contributed by atoms with Crippen molar-refractivity contribution in [1.29, 1.82) is 0 Å². The normalized spacial score (nSPS) is 25.6. The summed E-state index contributed by atoms with van der Waals surface area (Å²) in [7, 11) is 0. The Kier molecular flexibility index (Phi) is 4.49. The van der Waals surface area contributed by atoms with Crippen LogP contribution in [0.5, 0.6) is 0 Å². The summed E-state index contributed by atoms with van der Waals surface area (Å²) in [5.74, 6) is -0.171. The van der Waals surface area contributed by atoms with Crippen molar-refractivity contribution in [3.63, 3.8) is 0 Å². The van der Waals surface area contributed by atoms with Crippen molar-refractivity contribution in [1.82, 2.24) is 4.90 Å². The van der Waals surface area contributed by atoms with Crippen molar-refractivity contribution < 1.29 is 9.59 Å². The first-order chi connectivity index (χ1) is 10.5. The summed E-state index contributed by atoms with van der Waals surface area (Å²) < 4.78 is 0.926. The number of amides is 2. The number of halogens is 1. The van der Waals surface area contributed by atoms with Crippen LogP contribution in [0.2, 0.25) is 0 Å². The zero-order chi connectivity index (χ0) is 15.7. The number of hydrogen-bond acceptors (Lipinski definition) is 3. The van der Waals surface area contributed by atoms with Crippen LogP contribution in [0.1, 0.15) is 19.3 Å². The summed E-state index contributed by atoms with van der Waals surface area (Å²) in [4.78, 5) is 28.4. The molecular weight excluding hydrogens is 346 g/mol. The summed E-state index contributed by atoms with van der Waals surface area (Å²) in [6.07, 6.45) is 2.21. The van der Waals surface area contributed by atoms with E-state index in [0.717, 1.165) is 29.5 Å². The first-order valence-electron chi connectivity index (χ1n) is 7.65. The number of carbonyl (C=O) groups is 2. The van der Waals surface area contributed by atoms with E-state index in [1.54, 1.807) is 4.90 Å². The fourth-order valence-electron chi connectivity index (χ4n) is 3.23. The maximum Gasteiger partial charge on any atom is 0.228 e. The number of likely N-dealkylation sites (tertiary alicyclic amines) is 1. The van der Waals surface area contributed by atoms with E-state index in [0.29, 0.717) is 13.1 Å². The molecule has 1 aromatic rings. The molecule has 3 rings (SSSR count). The van der Waals surface area contributed by atoms with Gasteiger partial charge in [-0.05, 0) is 31.0 Å². The zero-order valence-corrected chi connectivity index (χ0v) is 14.0. The van der Waals surface area contributed by atoms with Gasteiger partial charge in [-0.2, -0.15) is 0 Å². The number of benzene rings is 1. The lowest BCUT2D eigenvalue weighted by atomic mass is 10.0. The molecule has 2 heterocycles. The molecular formula is C16H20BrN3O2. The van der Waals surface area contributed by atoms with Crippen molar-refractivity contribution in [3.05, 3.63) is 28.7 Å². The smallest absolute Gasteiger partial charge is 0.228 e. The number of nitrogens with two attached hydrogens (primary N) is 1. The van der Waals surface area contributed by atoms with Gasteiger partial charge in [-0.25, -0.2) is 0 Å². The molecule has 2 amide bonds. The third-order valence-electron chi connectivity index (χ3n) is 4.36. The number of carbonyl (C=O) groups excluding carboxylic acids is 2. The largest absolute Gasteiger partial charge is 0.341 e. The van der Waals surface area contributed by atoms with E-state index in [2.05, 4.69) is 15.9 Å². The fourth-order valence-corrected chi connectivity index (χ4v) is 3.62. The van der Waals surface area contributed by atoms with Gasteiger partial charge in [0.25, 0.3) is 0 Å². The van der Waals surface area contributed by atoms with Crippen LogP contribution in [0.4, 0.5) is 5.69 Å². The van der Waals surface area contributed by atoms with Gasteiger partial charge in [-0.3, -0.25) is 9.59 Å². The van der Waals surface area contributed by atoms with E-state index in [9.17, 15) is 9.59 Å². The highest BCUT2D eigenvalue weighted by atomic mass is 79.9. The molecule has 22 heavy (non-hydrogen) atoms. The zero-order valence-electron chi connectivity index (χ0n) is 12.4. The van der Waals surface area contributed by atoms with Crippen LogP contribution in [0.3, 0.4) is 0 Å². The molecule has 0 aliphatic carbocycles. The maximum absolute atomic E-state index is 12.6. The summed E-state index contributed by atoms with van der Waals surface area (Å²) >= 11 is 3.42. The highest BCUT2D eigenvalue weighted by molar-refractivity contribution is 9.10. The van der Waals surface area contributed by atoms with Crippen molar-refractivity contribution >= 4 is 33.4 Å². The van der Waals surface area contributed by atoms with E-state index in [-0.39, 0.29) is 30.2 Å². The number of rotatable bonds is 2. The Morgan fingerprint density at radius 2 is 2.14 bits per heavy atom. The van der Waals surface area contributed by atoms with Gasteiger partial charge in [0.2, 0.25) is 11.8 Å². The molecule has 2 aliphatic rings. The highest BCUT2D eigenvalue weighted by Gasteiger charge is 2.38. The molecule has 6 heteroatoms. The van der Waals surface area contributed by atoms with Crippen molar-refractivity contribution in [2.75, 3.05) is 24.5 Å². The Morgan fingerprint density at radius 3 is 2.86 bits per heavy atom. The molecule has 0 spiro atoms. The fraction of sp³-hybridized carbons (Fsp3) is 0.500. The summed E-state index contributed by atoms with van der Waals surface area (Å²) in [5.41, 5.74) is 6.79. The van der Waals surface area contributed by atoms with Gasteiger partial charge in [-0.1, -0.05) is 22.0 Å². The Balaban J connectivity index is 1.70. The number of hydrogen-bond donors (Lipinski definition) is 1. The molecule has 2 saturated heterocycles. The first-order valence-corrected chi connectivity index (χ1v) is 8.44. The molecule has 5 nitrogen and oxygen atoms in total. The lowest BCUT2D eigenvalue weighted by Gasteiger charge is -2.32. The van der Waals surface area contributed by atoms with E-state index < -0.39 is 0 Å². The van der Waals surface area contributed by atoms with Crippen molar-refractivity contribution in [3.8, 4) is 0 Å². The molecule has 0 aromatic heterocycles. The molecule has 2 aliphatic heterocycles. The van der Waals surface area contributed by atoms with Gasteiger partial charge in [0.1, 0.15) is 0 Å². The topological polar surface area (TPSA) is 66.6 Å². The minimum Gasteiger partial charge on any atom is -0.341 e. The Bertz CT molecular complexity index is 593. The van der Waals surface area contributed by atoms with Crippen LogP contribution in [0.15, 0.2) is 28.7 Å². The van der Waals surface area contributed by atoms with Gasteiger partial charge < -0.3 is 15.5 Å². The molecule has 118 valence electrons. The predicted molar refractivity (Wildman–Crippen MR) is 88.4 cm³/mol. The standard InChI is InChI=1S/C16H20BrN3O2/c17-12-3-1-5-14(8-12)20-9-11(7-15(20)21)16(22)19-6-2-4-13(18)10-19/h1,3,5,8,11,13H,2,4,6-7,9-10,18H2. The summed E-state index contributed by atoms with van der Waals surface area (Å²) in [5, 5.41) is 0. The lowest BCUT2D eigenvalue weighted by Crippen LogP contribution is -2.48. The number of nitrogens with zero attached hydrogens (tertiary/aromatic N) is 2. The second kappa shape index (κ2) is 6.38. The van der Waals surface area contributed by atoms with Crippen LogP contribution in [-0.4, -0.2) is 42.4 Å². The average Bonchev–Trinajstić information content (AvgIpc) is 2.88. The molecule has 0 radical (unpaired) electrons. The third-order valence-corrected chi connectivity index (χ3v) is 4.86. The molecule has 2 N–H and O–H groups in total. The predicted octanol–water partition coefficient (Wildman–Crippen LogP) is 1.75. The third kappa shape index (κ3) is 3.17. The summed E-state index contributed by atoms with van der Waals surface area (Å²) in [6, 6.07) is 7.68. The highest BCUT2D eigenvalue weighted by Crippen LogP contribution is 2.28. The van der Waals surface area contributed by atoms with Crippen LogP contribution in [0, 0.1) is 5.92 Å². The number of piperidine rings is 1. The first kappa shape index (κ1) is 15.5. The Morgan fingerprint density at radius 1 is 1.32 bits per heavy atom. The Labute approximate surface area is 138 Å². The SMILES string of the molecule is NC1CCCN(C(=O)C2CC(=O)N(c3cccc(Br)c3)C2)C1. The molecule has 0 bridgehead atoms. The van der Waals surface area contributed by atoms with Gasteiger partial charge in [0.05, 0.1) is 5.92 Å². The second-order valence-corrected chi connectivity index (χ2v) is 6.99. The molecule has 2 atom stereocenters. The minimum absolute atomic E-state index is 0.0118. The molecule has 0 saturated carbocycles. The average molecular weight is 366 g/mol. The van der Waals surface area contributed by atoms with Crippen LogP contribution in [0.25, 0.3) is 0 Å². The monoisotopic (exact) mass is 365 g/mol. The van der Waals surface area contributed by atoms with Gasteiger partial charge >= 0.3 is 0 Å². The van der Waals surface area contributed by atoms with Crippen LogP contribution < -0.4 is 10.6 Å². The second-order valence-electron chi connectivity index (χ2n) is 6.07.